The lowest BCUT2D eigenvalue weighted by molar-refractivity contribution is 0.532. The monoisotopic (exact) mass is 295 g/mol. The first-order valence-corrected chi connectivity index (χ1v) is 7.62. The lowest BCUT2D eigenvalue weighted by atomic mass is 10.2. The Morgan fingerprint density at radius 3 is 2.55 bits per heavy atom. The maximum Gasteiger partial charge on any atom is 0.147 e. The number of hydrogen-bond acceptors (Lipinski definition) is 3. The van der Waals surface area contributed by atoms with Gasteiger partial charge in [-0.15, -0.1) is 0 Å². The van der Waals surface area contributed by atoms with E-state index in [1.165, 1.54) is 0 Å². The van der Waals surface area contributed by atoms with Crippen molar-refractivity contribution in [2.75, 3.05) is 0 Å². The molecule has 3 rings (SSSR count). The van der Waals surface area contributed by atoms with E-state index in [4.69, 9.17) is 4.98 Å². The van der Waals surface area contributed by atoms with Crippen LogP contribution >= 0.6 is 0 Å². The maximum atomic E-state index is 4.83. The van der Waals surface area contributed by atoms with E-state index in [2.05, 4.69) is 46.8 Å². The minimum absolute atomic E-state index is 0.387. The number of aryl methyl sites for hydroxylation is 3. The topological polar surface area (TPSA) is 48.5 Å². The van der Waals surface area contributed by atoms with Crippen LogP contribution in [0.3, 0.4) is 0 Å². The third kappa shape index (κ3) is 3.08. The van der Waals surface area contributed by atoms with E-state index in [-0.39, 0.29) is 0 Å². The third-order valence-corrected chi connectivity index (χ3v) is 3.65. The van der Waals surface area contributed by atoms with E-state index in [0.717, 1.165) is 35.9 Å². The Morgan fingerprint density at radius 2 is 1.91 bits per heavy atom. The molecule has 0 unspecified atom stereocenters. The predicted molar refractivity (Wildman–Crippen MR) is 86.5 cm³/mol. The average molecular weight is 295 g/mol. The zero-order valence-corrected chi connectivity index (χ0v) is 13.3. The highest BCUT2D eigenvalue weighted by Crippen LogP contribution is 2.21. The molecule has 0 fully saturated rings. The van der Waals surface area contributed by atoms with E-state index in [1.54, 1.807) is 6.33 Å². The minimum atomic E-state index is 0.387. The highest BCUT2D eigenvalue weighted by molar-refractivity contribution is 5.58. The normalized spacial score (nSPS) is 11.3. The van der Waals surface area contributed by atoms with Crippen molar-refractivity contribution >= 4 is 0 Å². The van der Waals surface area contributed by atoms with Crippen LogP contribution in [-0.4, -0.2) is 24.3 Å². The Bertz CT molecular complexity index is 740. The molecule has 1 aromatic carbocycles. The van der Waals surface area contributed by atoms with Gasteiger partial charge in [0.05, 0.1) is 5.69 Å². The molecular weight excluding hydrogens is 274 g/mol. The molecule has 0 aliphatic carbocycles. The van der Waals surface area contributed by atoms with Gasteiger partial charge in [0.15, 0.2) is 0 Å². The van der Waals surface area contributed by atoms with Crippen LogP contribution in [0.4, 0.5) is 0 Å². The molecule has 0 aliphatic heterocycles. The van der Waals surface area contributed by atoms with Crippen molar-refractivity contribution in [3.8, 4) is 11.3 Å². The second-order valence-corrected chi connectivity index (χ2v) is 5.71. The van der Waals surface area contributed by atoms with E-state index in [1.807, 2.05) is 29.8 Å². The van der Waals surface area contributed by atoms with Crippen molar-refractivity contribution in [2.45, 2.75) is 39.8 Å². The first kappa shape index (κ1) is 14.5. The summed E-state index contributed by atoms with van der Waals surface area (Å²) in [6, 6.07) is 10.7. The smallest absolute Gasteiger partial charge is 0.147 e. The fourth-order valence-electron chi connectivity index (χ4n) is 2.52. The molecule has 114 valence electrons. The summed E-state index contributed by atoms with van der Waals surface area (Å²) in [7, 11) is 0. The van der Waals surface area contributed by atoms with Gasteiger partial charge < -0.3 is 4.57 Å². The van der Waals surface area contributed by atoms with Crippen LogP contribution in [0.1, 0.15) is 31.5 Å². The first-order chi connectivity index (χ1) is 10.6. The van der Waals surface area contributed by atoms with E-state index >= 15 is 0 Å². The molecule has 0 atom stereocenters. The van der Waals surface area contributed by atoms with Gasteiger partial charge in [0.25, 0.3) is 0 Å². The maximum absolute atomic E-state index is 4.83. The third-order valence-electron chi connectivity index (χ3n) is 3.65. The van der Waals surface area contributed by atoms with Crippen molar-refractivity contribution in [3.63, 3.8) is 0 Å². The highest BCUT2D eigenvalue weighted by Gasteiger charge is 2.12. The molecule has 22 heavy (non-hydrogen) atoms. The zero-order chi connectivity index (χ0) is 15.5. The number of imidazole rings is 1. The quantitative estimate of drug-likeness (QED) is 0.726. The Balaban J connectivity index is 1.84. The van der Waals surface area contributed by atoms with Crippen molar-refractivity contribution < 1.29 is 0 Å². The molecule has 3 aromatic rings. The van der Waals surface area contributed by atoms with Crippen LogP contribution in [0.5, 0.6) is 0 Å². The summed E-state index contributed by atoms with van der Waals surface area (Å²) in [6.45, 7) is 7.05. The van der Waals surface area contributed by atoms with Crippen LogP contribution in [0, 0.1) is 6.92 Å². The molecule has 5 heteroatoms. The lowest BCUT2D eigenvalue weighted by Gasteiger charge is -2.10. The fraction of sp³-hybridized carbons (Fsp3) is 0.353. The van der Waals surface area contributed by atoms with Crippen LogP contribution in [0.15, 0.2) is 42.9 Å². The Kier molecular flexibility index (Phi) is 4.04. The largest absolute Gasteiger partial charge is 0.332 e. The molecule has 0 saturated heterocycles. The van der Waals surface area contributed by atoms with Gasteiger partial charge in [-0.3, -0.25) is 4.68 Å². The summed E-state index contributed by atoms with van der Waals surface area (Å²) >= 11 is 0. The highest BCUT2D eigenvalue weighted by atomic mass is 15.3. The van der Waals surface area contributed by atoms with Crippen molar-refractivity contribution in [3.05, 3.63) is 54.5 Å². The van der Waals surface area contributed by atoms with Gasteiger partial charge in [0.1, 0.15) is 18.0 Å². The summed E-state index contributed by atoms with van der Waals surface area (Å²) in [5, 5.41) is 4.33. The molecule has 5 nitrogen and oxygen atoms in total. The van der Waals surface area contributed by atoms with Gasteiger partial charge in [-0.2, -0.15) is 5.10 Å². The molecule has 0 radical (unpaired) electrons. The van der Waals surface area contributed by atoms with Gasteiger partial charge >= 0.3 is 0 Å². The van der Waals surface area contributed by atoms with Crippen LogP contribution in [0.25, 0.3) is 11.3 Å². The summed E-state index contributed by atoms with van der Waals surface area (Å²) < 4.78 is 4.11. The number of benzene rings is 1. The molecule has 0 bridgehead atoms. The average Bonchev–Trinajstić information content (AvgIpc) is 3.12. The standard InChI is InChI=1S/C17H21N5/c1-13(2)22-11-16(15-7-5-4-6-8-15)19-17(22)9-10-21-12-18-14(3)20-21/h4-8,11-13H,9-10H2,1-3H3. The van der Waals surface area contributed by atoms with Gasteiger partial charge in [-0.25, -0.2) is 9.97 Å². The summed E-state index contributed by atoms with van der Waals surface area (Å²) in [5.41, 5.74) is 2.18. The van der Waals surface area contributed by atoms with Crippen LogP contribution in [0.2, 0.25) is 0 Å². The van der Waals surface area contributed by atoms with E-state index < -0.39 is 0 Å². The first-order valence-electron chi connectivity index (χ1n) is 7.62. The van der Waals surface area contributed by atoms with Crippen molar-refractivity contribution in [1.29, 1.82) is 0 Å². The SMILES string of the molecule is Cc1ncn(CCc2nc(-c3ccccc3)cn2C(C)C)n1. The number of rotatable bonds is 5. The lowest BCUT2D eigenvalue weighted by Crippen LogP contribution is -2.09. The summed E-state index contributed by atoms with van der Waals surface area (Å²) in [6.07, 6.45) is 4.76. The molecule has 2 heterocycles. The van der Waals surface area contributed by atoms with Gasteiger partial charge in [-0.05, 0) is 20.8 Å². The summed E-state index contributed by atoms with van der Waals surface area (Å²) in [5.74, 6) is 1.89. The second-order valence-electron chi connectivity index (χ2n) is 5.71. The number of nitrogens with zero attached hydrogens (tertiary/aromatic N) is 5. The van der Waals surface area contributed by atoms with Gasteiger partial charge in [0, 0.05) is 30.8 Å². The fourth-order valence-corrected chi connectivity index (χ4v) is 2.52. The number of aromatic nitrogens is 5. The second kappa shape index (κ2) is 6.13. The minimum Gasteiger partial charge on any atom is -0.332 e. The molecule has 0 spiro atoms. The van der Waals surface area contributed by atoms with E-state index in [0.29, 0.717) is 6.04 Å². The molecule has 2 aromatic heterocycles. The van der Waals surface area contributed by atoms with Crippen molar-refractivity contribution in [2.24, 2.45) is 0 Å². The Morgan fingerprint density at radius 1 is 1.14 bits per heavy atom. The Hall–Kier alpha value is -2.43. The van der Waals surface area contributed by atoms with Crippen molar-refractivity contribution in [1.82, 2.24) is 24.3 Å². The molecule has 0 amide bonds. The molecule has 0 aliphatic rings. The molecule has 0 N–H and O–H groups in total. The summed E-state index contributed by atoms with van der Waals surface area (Å²) in [4.78, 5) is 8.99. The number of hydrogen-bond donors (Lipinski definition) is 0. The Labute approximate surface area is 130 Å². The molecule has 0 saturated carbocycles. The van der Waals surface area contributed by atoms with Gasteiger partial charge in [-0.1, -0.05) is 30.3 Å². The van der Waals surface area contributed by atoms with Crippen LogP contribution < -0.4 is 0 Å². The van der Waals surface area contributed by atoms with E-state index in [9.17, 15) is 0 Å². The zero-order valence-electron chi connectivity index (χ0n) is 13.3. The predicted octanol–water partition coefficient (Wildman–Crippen LogP) is 3.27. The van der Waals surface area contributed by atoms with Gasteiger partial charge in [0.2, 0.25) is 0 Å². The molecular formula is C17H21N5. The van der Waals surface area contributed by atoms with Crippen LogP contribution in [-0.2, 0) is 13.0 Å².